The molecule has 2 aromatic heterocycles. The van der Waals surface area contributed by atoms with E-state index in [2.05, 4.69) is 15.6 Å². The average molecular weight is 832 g/mol. The molecule has 0 radical (unpaired) electrons. The number of rotatable bonds is 13. The molecule has 5 N–H and O–H groups in total. The highest BCUT2D eigenvalue weighted by Crippen LogP contribution is 2.39. The number of imide groups is 1. The summed E-state index contributed by atoms with van der Waals surface area (Å²) in [6.07, 6.45) is 8.17. The summed E-state index contributed by atoms with van der Waals surface area (Å²) in [5.41, 5.74) is 1.18. The van der Waals surface area contributed by atoms with Crippen molar-refractivity contribution in [1.29, 1.82) is 0 Å². The summed E-state index contributed by atoms with van der Waals surface area (Å²) in [7, 11) is -3.32. The fourth-order valence-corrected chi connectivity index (χ4v) is 9.32. The van der Waals surface area contributed by atoms with Gasteiger partial charge in [0.2, 0.25) is 23.6 Å². The molecule has 17 nitrogen and oxygen atoms in total. The van der Waals surface area contributed by atoms with Crippen LogP contribution in [-0.4, -0.2) is 100.0 Å². The third-order valence-corrected chi connectivity index (χ3v) is 12.8. The van der Waals surface area contributed by atoms with Gasteiger partial charge in [-0.05, 0) is 93.8 Å². The number of benzene rings is 2. The Balaban J connectivity index is 0.921. The number of carbonyl (C=O) groups is 6. The summed E-state index contributed by atoms with van der Waals surface area (Å²) in [6.45, 7) is 2.47. The number of piperidine rings is 1. The first kappa shape index (κ1) is 41.8. The molecular formula is C41H50N7O10P. The monoisotopic (exact) mass is 831 g/mol. The highest BCUT2D eigenvalue weighted by molar-refractivity contribution is 7.70. The molecule has 7 rings (SSSR count). The number of aromatic amines is 1. The number of fused-ring (bicyclic) bond motifs is 3. The van der Waals surface area contributed by atoms with Crippen LogP contribution in [0.4, 0.5) is 0 Å². The quantitative estimate of drug-likeness (QED) is 0.0749. The van der Waals surface area contributed by atoms with Gasteiger partial charge in [0, 0.05) is 61.5 Å². The molecule has 0 spiro atoms. The van der Waals surface area contributed by atoms with E-state index in [4.69, 9.17) is 0 Å². The molecule has 0 bridgehead atoms. The maximum Gasteiger partial charge on any atom is 0.396 e. The van der Waals surface area contributed by atoms with Crippen molar-refractivity contribution in [1.82, 2.24) is 34.6 Å². The van der Waals surface area contributed by atoms with Gasteiger partial charge >= 0.3 is 13.3 Å². The first-order valence-electron chi connectivity index (χ1n) is 20.3. The zero-order chi connectivity index (χ0) is 42.2. The number of imidazole rings is 1. The number of nitrogens with zero attached hydrogens (tertiary/aromatic N) is 4. The van der Waals surface area contributed by atoms with Gasteiger partial charge in [0.25, 0.3) is 11.4 Å². The van der Waals surface area contributed by atoms with E-state index in [1.807, 2.05) is 30.0 Å². The van der Waals surface area contributed by atoms with Crippen molar-refractivity contribution in [3.8, 4) is 0 Å². The number of aryl methyl sites for hydroxylation is 2. The number of carbonyl (C=O) groups excluding carboxylic acids is 6. The van der Waals surface area contributed by atoms with Gasteiger partial charge in [-0.25, -0.2) is 4.79 Å². The number of aromatic nitrogens is 3. The van der Waals surface area contributed by atoms with E-state index in [1.54, 1.807) is 11.9 Å². The molecule has 2 aromatic carbocycles. The second-order valence-corrected chi connectivity index (χ2v) is 17.6. The van der Waals surface area contributed by atoms with E-state index < -0.39 is 37.0 Å². The Hall–Kier alpha value is -5.38. The number of hydrogen-bond acceptors (Lipinski definition) is 8. The van der Waals surface area contributed by atoms with Crippen LogP contribution in [0, 0.1) is 0 Å². The Morgan fingerprint density at radius 1 is 0.898 bits per heavy atom. The van der Waals surface area contributed by atoms with E-state index in [0.29, 0.717) is 42.2 Å². The van der Waals surface area contributed by atoms with Crippen molar-refractivity contribution in [2.75, 3.05) is 13.1 Å². The molecule has 5 heterocycles. The third-order valence-electron chi connectivity index (χ3n) is 12.0. The van der Waals surface area contributed by atoms with E-state index in [0.717, 1.165) is 56.0 Å². The lowest BCUT2D eigenvalue weighted by molar-refractivity contribution is -0.141. The second kappa shape index (κ2) is 17.1. The van der Waals surface area contributed by atoms with Crippen LogP contribution in [0.1, 0.15) is 110 Å². The van der Waals surface area contributed by atoms with Crippen LogP contribution >= 0.6 is 7.60 Å². The zero-order valence-electron chi connectivity index (χ0n) is 33.1. The molecule has 314 valence electrons. The van der Waals surface area contributed by atoms with Gasteiger partial charge in [-0.15, -0.1) is 0 Å². The summed E-state index contributed by atoms with van der Waals surface area (Å²) in [4.78, 5) is 116. The van der Waals surface area contributed by atoms with Gasteiger partial charge in [0.1, 0.15) is 17.8 Å². The second-order valence-electron chi connectivity index (χ2n) is 16.1. The molecular weight excluding hydrogens is 781 g/mol. The minimum Gasteiger partial charge on any atom is -0.351 e. The van der Waals surface area contributed by atoms with Crippen molar-refractivity contribution in [3.05, 3.63) is 69.8 Å². The fraction of sp³-hybridized carbons (Fsp3) is 0.488. The van der Waals surface area contributed by atoms with Crippen LogP contribution in [0.15, 0.2) is 47.3 Å². The number of unbranched alkanes of at least 4 members (excludes halogenated alkanes) is 4. The van der Waals surface area contributed by atoms with Crippen molar-refractivity contribution >= 4 is 64.6 Å². The molecule has 0 saturated carbocycles. The maximum atomic E-state index is 14.0. The Bertz CT molecular complexity index is 2450. The van der Waals surface area contributed by atoms with Crippen molar-refractivity contribution < 1.29 is 43.1 Å². The summed E-state index contributed by atoms with van der Waals surface area (Å²) >= 11 is 0. The minimum absolute atomic E-state index is 0.00389. The highest BCUT2D eigenvalue weighted by atomic mass is 31.2. The zero-order valence-corrected chi connectivity index (χ0v) is 34.0. The third kappa shape index (κ3) is 8.82. The molecule has 4 aromatic rings. The molecule has 0 aliphatic carbocycles. The smallest absolute Gasteiger partial charge is 0.351 e. The first-order valence-corrected chi connectivity index (χ1v) is 21.9. The fourth-order valence-electron chi connectivity index (χ4n) is 8.84. The number of nitrogens with one attached hydrogen (secondary N) is 3. The SMILES string of the molecule is C[C@@H]1CC[C@@H]2CCN(C(=O)CCCCCCCc3ccc4c(c3)n(C)c(=O)n4C3CCC(=O)NC3=O)C[C@H](NC(=O)c3cc4cc(C(=O)P(=O)(O)O)ccc4[nH]3)C(=O)N21. The van der Waals surface area contributed by atoms with E-state index in [9.17, 15) is 47.9 Å². The van der Waals surface area contributed by atoms with Gasteiger partial charge in [-0.3, -0.25) is 47.8 Å². The van der Waals surface area contributed by atoms with E-state index >= 15 is 0 Å². The van der Waals surface area contributed by atoms with Gasteiger partial charge in [-0.1, -0.05) is 25.3 Å². The van der Waals surface area contributed by atoms with Crippen LogP contribution in [0.3, 0.4) is 0 Å². The first-order chi connectivity index (χ1) is 28.1. The van der Waals surface area contributed by atoms with Crippen molar-refractivity contribution in [3.63, 3.8) is 0 Å². The van der Waals surface area contributed by atoms with Crippen LogP contribution < -0.4 is 16.3 Å². The predicted octanol–water partition coefficient (Wildman–Crippen LogP) is 3.41. The van der Waals surface area contributed by atoms with Crippen LogP contribution in [-0.2, 0) is 37.2 Å². The normalized spacial score (nSPS) is 21.4. The number of amides is 5. The van der Waals surface area contributed by atoms with Crippen molar-refractivity contribution in [2.24, 2.45) is 7.05 Å². The molecule has 3 fully saturated rings. The predicted molar refractivity (Wildman–Crippen MR) is 216 cm³/mol. The van der Waals surface area contributed by atoms with E-state index in [1.165, 1.54) is 33.4 Å². The average Bonchev–Trinajstić information content (AvgIpc) is 3.86. The molecule has 1 unspecified atom stereocenters. The van der Waals surface area contributed by atoms with Gasteiger partial charge in [0.15, 0.2) is 0 Å². The lowest BCUT2D eigenvalue weighted by Crippen LogP contribution is -2.59. The van der Waals surface area contributed by atoms with Gasteiger partial charge in [0.05, 0.1) is 11.0 Å². The molecule has 3 aliphatic heterocycles. The molecule has 59 heavy (non-hydrogen) atoms. The molecule has 4 atom stereocenters. The summed E-state index contributed by atoms with van der Waals surface area (Å²) in [5.74, 6) is -1.71. The largest absolute Gasteiger partial charge is 0.396 e. The Labute approximate surface area is 339 Å². The molecule has 3 aliphatic rings. The Morgan fingerprint density at radius 2 is 1.66 bits per heavy atom. The molecule has 5 amide bonds. The number of hydrogen-bond donors (Lipinski definition) is 5. The lowest BCUT2D eigenvalue weighted by atomic mass is 10.0. The minimum atomic E-state index is -5.00. The van der Waals surface area contributed by atoms with Crippen LogP contribution in [0.5, 0.6) is 0 Å². The van der Waals surface area contributed by atoms with Crippen LogP contribution in [0.25, 0.3) is 21.9 Å². The van der Waals surface area contributed by atoms with Gasteiger partial charge in [-0.2, -0.15) is 0 Å². The maximum absolute atomic E-state index is 14.0. The highest BCUT2D eigenvalue weighted by Gasteiger charge is 2.41. The Morgan fingerprint density at radius 3 is 2.42 bits per heavy atom. The number of H-pyrrole nitrogens is 1. The topological polar surface area (TPSA) is 233 Å². The van der Waals surface area contributed by atoms with Crippen LogP contribution in [0.2, 0.25) is 0 Å². The lowest BCUT2D eigenvalue weighted by Gasteiger charge is -2.38. The summed E-state index contributed by atoms with van der Waals surface area (Å²) in [5, 5.41) is 5.56. The summed E-state index contributed by atoms with van der Waals surface area (Å²) < 4.78 is 14.5. The van der Waals surface area contributed by atoms with E-state index in [-0.39, 0.29) is 66.1 Å². The standard InChI is InChI=1S/C41H50N7O10P/c1-24-10-13-28-18-19-46(23-31(39(53)47(24)28)43-37(51)30-22-27-21-26(12-14-29(27)42-30)40(54)59(56,57)58)36(50)9-7-5-3-4-6-8-25-11-15-32-34(20-25)45(2)41(55)48(32)33-16-17-35(49)44-38(33)52/h11-12,14-15,20-22,24,28,31,33,42H,3-10,13,16-19,23H2,1-2H3,(H,43,51)(H,44,49,52)(H2,56,57,58)/t24-,28-,31+,33?/m1/s1. The Kier molecular flexibility index (Phi) is 12.1. The molecule has 18 heteroatoms. The van der Waals surface area contributed by atoms with Crippen molar-refractivity contribution in [2.45, 2.75) is 108 Å². The molecule has 3 saturated heterocycles. The van der Waals surface area contributed by atoms with Gasteiger partial charge < -0.3 is 29.9 Å². The summed E-state index contributed by atoms with van der Waals surface area (Å²) in [6, 6.07) is 9.49.